The van der Waals surface area contributed by atoms with E-state index in [1.165, 1.54) is 0 Å². The number of H-pyrrole nitrogens is 1. The lowest BCUT2D eigenvalue weighted by Crippen LogP contribution is -2.39. The molecule has 2 atom stereocenters. The van der Waals surface area contributed by atoms with Gasteiger partial charge in [0.15, 0.2) is 16.9 Å². The third kappa shape index (κ3) is 7.88. The highest BCUT2D eigenvalue weighted by molar-refractivity contribution is 5.96. The summed E-state index contributed by atoms with van der Waals surface area (Å²) in [6.07, 6.45) is 0.230. The molecule has 3 aromatic carbocycles. The van der Waals surface area contributed by atoms with E-state index in [-0.39, 0.29) is 29.9 Å². The molecular weight excluding hydrogens is 562 g/mol. The van der Waals surface area contributed by atoms with Crippen molar-refractivity contribution in [2.75, 3.05) is 5.32 Å². The maximum absolute atomic E-state index is 13.3. The van der Waals surface area contributed by atoms with E-state index in [1.54, 1.807) is 31.2 Å². The Morgan fingerprint density at radius 2 is 1.52 bits per heavy atom. The van der Waals surface area contributed by atoms with Crippen LogP contribution in [-0.4, -0.2) is 44.4 Å². The van der Waals surface area contributed by atoms with Gasteiger partial charge in [-0.15, -0.1) is 10.2 Å². The minimum Gasteiger partial charge on any atom is -0.445 e. The van der Waals surface area contributed by atoms with Gasteiger partial charge in [0.05, 0.1) is 6.04 Å². The molecule has 0 spiro atoms. The van der Waals surface area contributed by atoms with Crippen LogP contribution in [0.25, 0.3) is 11.4 Å². The number of amides is 3. The first-order valence-electron chi connectivity index (χ1n) is 13.8. The predicted molar refractivity (Wildman–Crippen MR) is 162 cm³/mol. The number of carbonyl (C=O) groups excluding carboxylic acids is 3. The standard InChI is InChI=1S/C32H29N7O5/c1-20(22-11-6-3-7-12-22)33-31(42)27-18-26(40)19-28(44-27)32(43)35-25(15-21-9-4-2-5-10-21)17-29(41)34-24-14-8-13-23(16-24)30-36-38-39-37-30/h2-14,16,18-20,25H,15,17H2,1H3,(H,33,42)(H,34,41)(H,35,43)(H,36,37,38,39)/t20-,25+/m1/s1. The molecule has 0 aliphatic rings. The minimum absolute atomic E-state index is 0.0912. The van der Waals surface area contributed by atoms with E-state index >= 15 is 0 Å². The SMILES string of the molecule is C[C@@H](NC(=O)c1cc(=O)cc(C(=O)N[C@H](CC(=O)Nc2cccc(-c3nn[nH]n3)c2)Cc2ccccc2)o1)c1ccccc1. The van der Waals surface area contributed by atoms with Gasteiger partial charge in [-0.3, -0.25) is 19.2 Å². The highest BCUT2D eigenvalue weighted by Gasteiger charge is 2.22. The van der Waals surface area contributed by atoms with Gasteiger partial charge >= 0.3 is 0 Å². The molecule has 0 fully saturated rings. The number of nitrogens with one attached hydrogen (secondary N) is 4. The maximum atomic E-state index is 13.3. The Labute approximate surface area is 251 Å². The molecule has 0 radical (unpaired) electrons. The lowest BCUT2D eigenvalue weighted by Gasteiger charge is -2.19. The minimum atomic E-state index is -0.735. The third-order valence-electron chi connectivity index (χ3n) is 6.70. The van der Waals surface area contributed by atoms with E-state index in [0.29, 0.717) is 23.5 Å². The van der Waals surface area contributed by atoms with E-state index in [4.69, 9.17) is 4.42 Å². The van der Waals surface area contributed by atoms with Crippen molar-refractivity contribution < 1.29 is 18.8 Å². The van der Waals surface area contributed by atoms with Gasteiger partial charge in [0.1, 0.15) is 0 Å². The lowest BCUT2D eigenvalue weighted by molar-refractivity contribution is -0.116. The molecule has 3 amide bonds. The summed E-state index contributed by atoms with van der Waals surface area (Å²) in [6.45, 7) is 1.79. The highest BCUT2D eigenvalue weighted by atomic mass is 16.4. The van der Waals surface area contributed by atoms with E-state index in [9.17, 15) is 19.2 Å². The molecule has 12 heteroatoms. The fourth-order valence-corrected chi connectivity index (χ4v) is 4.58. The molecule has 0 aliphatic carbocycles. The molecule has 4 N–H and O–H groups in total. The second kappa shape index (κ2) is 13.8. The monoisotopic (exact) mass is 591 g/mol. The zero-order valence-electron chi connectivity index (χ0n) is 23.7. The molecule has 222 valence electrons. The summed E-state index contributed by atoms with van der Waals surface area (Å²) in [5.41, 5.74) is 2.34. The summed E-state index contributed by atoms with van der Waals surface area (Å²) >= 11 is 0. The topological polar surface area (TPSA) is 172 Å². The van der Waals surface area contributed by atoms with Gasteiger partial charge in [-0.1, -0.05) is 72.8 Å². The summed E-state index contributed by atoms with van der Waals surface area (Å²) in [4.78, 5) is 51.8. The van der Waals surface area contributed by atoms with Gasteiger partial charge < -0.3 is 20.4 Å². The summed E-state index contributed by atoms with van der Waals surface area (Å²) in [6, 6.07) is 26.6. The van der Waals surface area contributed by atoms with Crippen LogP contribution >= 0.6 is 0 Å². The molecule has 0 unspecified atom stereocenters. The number of hydrogen-bond donors (Lipinski definition) is 4. The zero-order chi connectivity index (χ0) is 30.9. The number of hydrogen-bond acceptors (Lipinski definition) is 8. The number of carbonyl (C=O) groups is 3. The Morgan fingerprint density at radius 3 is 2.20 bits per heavy atom. The Balaban J connectivity index is 1.30. The van der Waals surface area contributed by atoms with Crippen LogP contribution in [0.4, 0.5) is 5.69 Å². The Bertz CT molecular complexity index is 1790. The summed E-state index contributed by atoms with van der Waals surface area (Å²) in [7, 11) is 0. The smallest absolute Gasteiger partial charge is 0.287 e. The van der Waals surface area contributed by atoms with Crippen LogP contribution < -0.4 is 21.4 Å². The van der Waals surface area contributed by atoms with E-state index in [1.807, 2.05) is 60.7 Å². The zero-order valence-corrected chi connectivity index (χ0v) is 23.7. The van der Waals surface area contributed by atoms with Gasteiger partial charge in [-0.2, -0.15) is 5.21 Å². The van der Waals surface area contributed by atoms with Crippen LogP contribution in [0, 0.1) is 0 Å². The highest BCUT2D eigenvalue weighted by Crippen LogP contribution is 2.19. The van der Waals surface area contributed by atoms with Gasteiger partial charge in [0.25, 0.3) is 11.8 Å². The average molecular weight is 592 g/mol. The predicted octanol–water partition coefficient (Wildman–Crippen LogP) is 3.68. The Kier molecular flexibility index (Phi) is 9.30. The van der Waals surface area contributed by atoms with Crippen LogP contribution in [-0.2, 0) is 11.2 Å². The number of tetrazole rings is 1. The first-order chi connectivity index (χ1) is 21.3. The van der Waals surface area contributed by atoms with E-state index in [2.05, 4.69) is 36.6 Å². The normalized spacial score (nSPS) is 12.1. The van der Waals surface area contributed by atoms with Gasteiger partial charge in [-0.25, -0.2) is 0 Å². The third-order valence-corrected chi connectivity index (χ3v) is 6.70. The van der Waals surface area contributed by atoms with Crippen molar-refractivity contribution in [2.24, 2.45) is 0 Å². The number of aromatic nitrogens is 4. The number of anilines is 1. The fourth-order valence-electron chi connectivity index (χ4n) is 4.58. The first-order valence-corrected chi connectivity index (χ1v) is 13.8. The molecule has 0 bridgehead atoms. The lowest BCUT2D eigenvalue weighted by atomic mass is 10.0. The molecule has 2 heterocycles. The van der Waals surface area contributed by atoms with Crippen molar-refractivity contribution in [3.63, 3.8) is 0 Å². The van der Waals surface area contributed by atoms with Crippen LogP contribution in [0.1, 0.15) is 51.6 Å². The molecule has 0 aliphatic heterocycles. The molecule has 5 aromatic rings. The van der Waals surface area contributed by atoms with Crippen molar-refractivity contribution in [3.8, 4) is 11.4 Å². The molecule has 2 aromatic heterocycles. The summed E-state index contributed by atoms with van der Waals surface area (Å²) < 4.78 is 5.57. The molecular formula is C32H29N7O5. The van der Waals surface area contributed by atoms with Gasteiger partial charge in [0.2, 0.25) is 11.7 Å². The second-order valence-corrected chi connectivity index (χ2v) is 10.1. The van der Waals surface area contributed by atoms with E-state index in [0.717, 1.165) is 23.3 Å². The van der Waals surface area contributed by atoms with Crippen molar-refractivity contribution in [3.05, 3.63) is 130 Å². The summed E-state index contributed by atoms with van der Waals surface area (Å²) in [5, 5.41) is 22.2. The van der Waals surface area contributed by atoms with Crippen LogP contribution in [0.3, 0.4) is 0 Å². The first kappa shape index (κ1) is 29.6. The molecule has 0 saturated heterocycles. The maximum Gasteiger partial charge on any atom is 0.287 e. The number of benzene rings is 3. The average Bonchev–Trinajstić information content (AvgIpc) is 3.57. The summed E-state index contributed by atoms with van der Waals surface area (Å²) in [5.74, 6) is -2.01. The second-order valence-electron chi connectivity index (χ2n) is 10.1. The molecule has 0 saturated carbocycles. The van der Waals surface area contributed by atoms with Crippen molar-refractivity contribution in [1.82, 2.24) is 31.3 Å². The van der Waals surface area contributed by atoms with Crippen molar-refractivity contribution in [1.29, 1.82) is 0 Å². The Hall–Kier alpha value is -5.91. The van der Waals surface area contributed by atoms with Crippen LogP contribution in [0.2, 0.25) is 0 Å². The number of rotatable bonds is 11. The number of nitrogens with zero attached hydrogens (tertiary/aromatic N) is 3. The van der Waals surface area contributed by atoms with Crippen molar-refractivity contribution >= 4 is 23.4 Å². The fraction of sp³-hybridized carbons (Fsp3) is 0.156. The largest absolute Gasteiger partial charge is 0.445 e. The quantitative estimate of drug-likeness (QED) is 0.180. The van der Waals surface area contributed by atoms with Gasteiger partial charge in [-0.05, 0) is 41.8 Å². The van der Waals surface area contributed by atoms with Crippen LogP contribution in [0.15, 0.2) is 106 Å². The van der Waals surface area contributed by atoms with Crippen LogP contribution in [0.5, 0.6) is 0 Å². The molecule has 44 heavy (non-hydrogen) atoms. The van der Waals surface area contributed by atoms with E-state index < -0.39 is 23.3 Å². The van der Waals surface area contributed by atoms with Crippen molar-refractivity contribution in [2.45, 2.75) is 31.8 Å². The molecule has 5 rings (SSSR count). The Morgan fingerprint density at radius 1 is 0.841 bits per heavy atom. The van der Waals surface area contributed by atoms with Gasteiger partial charge in [0, 0.05) is 35.8 Å². The molecule has 12 nitrogen and oxygen atoms in total. The number of aromatic amines is 1.